The third-order valence-corrected chi connectivity index (χ3v) is 3.35. The number of ether oxygens (including phenoxy) is 1. The molecule has 0 fully saturated rings. The second kappa shape index (κ2) is 4.94. The van der Waals surface area contributed by atoms with Gasteiger partial charge >= 0.3 is 5.97 Å². The van der Waals surface area contributed by atoms with E-state index >= 15 is 0 Å². The summed E-state index contributed by atoms with van der Waals surface area (Å²) in [7, 11) is 1.58. The predicted octanol–water partition coefficient (Wildman–Crippen LogP) is 3.02. The fourth-order valence-electron chi connectivity index (χ4n) is 2.37. The molecule has 0 aliphatic heterocycles. The predicted molar refractivity (Wildman–Crippen MR) is 78.9 cm³/mol. The molecule has 0 radical (unpaired) electrons. The highest BCUT2D eigenvalue weighted by Crippen LogP contribution is 2.30. The first-order chi connectivity index (χ1) is 10.1. The Morgan fingerprint density at radius 2 is 2.05 bits per heavy atom. The summed E-state index contributed by atoms with van der Waals surface area (Å²) in [5.74, 6) is 0.168. The lowest BCUT2D eigenvalue weighted by molar-refractivity contribution is 0.0693. The van der Waals surface area contributed by atoms with Crippen molar-refractivity contribution in [3.05, 3.63) is 53.9 Å². The topological polar surface area (TPSA) is 63.8 Å². The summed E-state index contributed by atoms with van der Waals surface area (Å²) in [5, 5.41) is 9.35. The van der Waals surface area contributed by atoms with E-state index < -0.39 is 5.97 Å². The molecule has 3 aromatic rings. The van der Waals surface area contributed by atoms with Crippen molar-refractivity contribution in [2.24, 2.45) is 0 Å². The first-order valence-electron chi connectivity index (χ1n) is 6.47. The Bertz CT molecular complexity index is 837. The van der Waals surface area contributed by atoms with Crippen molar-refractivity contribution < 1.29 is 14.6 Å². The maximum atomic E-state index is 11.4. The number of hydrogen-bond acceptors (Lipinski definition) is 3. The SMILES string of the molecule is COc1ccccc1-c1nc(C(=O)O)c2cc(C)ccn12. The first-order valence-corrected chi connectivity index (χ1v) is 6.47. The number of fused-ring (bicyclic) bond motifs is 1. The second-order valence-electron chi connectivity index (χ2n) is 4.75. The third kappa shape index (κ3) is 2.12. The Labute approximate surface area is 121 Å². The number of hydrogen-bond donors (Lipinski definition) is 1. The summed E-state index contributed by atoms with van der Waals surface area (Å²) in [6.45, 7) is 1.92. The Balaban J connectivity index is 2.36. The van der Waals surface area contributed by atoms with Gasteiger partial charge in [-0.3, -0.25) is 4.40 Å². The van der Waals surface area contributed by atoms with Crippen LogP contribution in [0.15, 0.2) is 42.6 Å². The molecule has 0 saturated heterocycles. The second-order valence-corrected chi connectivity index (χ2v) is 4.75. The molecule has 1 aromatic carbocycles. The molecule has 2 aromatic heterocycles. The van der Waals surface area contributed by atoms with Crippen LogP contribution in [0.25, 0.3) is 16.9 Å². The number of carboxylic acid groups (broad SMARTS) is 1. The van der Waals surface area contributed by atoms with Crippen LogP contribution < -0.4 is 4.74 Å². The molecule has 1 N–H and O–H groups in total. The van der Waals surface area contributed by atoms with E-state index in [4.69, 9.17) is 4.74 Å². The number of carboxylic acids is 1. The van der Waals surface area contributed by atoms with Gasteiger partial charge in [-0.15, -0.1) is 0 Å². The van der Waals surface area contributed by atoms with Crippen LogP contribution in [0.5, 0.6) is 5.75 Å². The molecule has 0 atom stereocenters. The highest BCUT2D eigenvalue weighted by atomic mass is 16.5. The van der Waals surface area contributed by atoms with Gasteiger partial charge in [-0.25, -0.2) is 9.78 Å². The highest BCUT2D eigenvalue weighted by Gasteiger charge is 2.19. The Morgan fingerprint density at radius 3 is 2.76 bits per heavy atom. The van der Waals surface area contributed by atoms with Gasteiger partial charge in [-0.1, -0.05) is 12.1 Å². The molecular formula is C16H14N2O3. The van der Waals surface area contributed by atoms with Crippen LogP contribution in [-0.4, -0.2) is 27.6 Å². The van der Waals surface area contributed by atoms with E-state index in [1.807, 2.05) is 49.5 Å². The van der Waals surface area contributed by atoms with E-state index in [0.717, 1.165) is 11.1 Å². The molecule has 3 rings (SSSR count). The average Bonchev–Trinajstić information content (AvgIpc) is 2.85. The molecule has 0 spiro atoms. The molecule has 21 heavy (non-hydrogen) atoms. The number of para-hydroxylation sites is 1. The van der Waals surface area contributed by atoms with Crippen molar-refractivity contribution in [3.63, 3.8) is 0 Å². The number of nitrogens with zero attached hydrogens (tertiary/aromatic N) is 2. The molecule has 5 heteroatoms. The molecule has 106 valence electrons. The minimum atomic E-state index is -1.04. The summed E-state index contributed by atoms with van der Waals surface area (Å²) >= 11 is 0. The average molecular weight is 282 g/mol. The number of aromatic carboxylic acids is 1. The quantitative estimate of drug-likeness (QED) is 0.802. The minimum absolute atomic E-state index is 0.0413. The van der Waals surface area contributed by atoms with Gasteiger partial charge in [-0.2, -0.15) is 0 Å². The minimum Gasteiger partial charge on any atom is -0.496 e. The highest BCUT2D eigenvalue weighted by molar-refractivity contribution is 5.95. The lowest BCUT2D eigenvalue weighted by Crippen LogP contribution is -1.97. The van der Waals surface area contributed by atoms with E-state index in [1.165, 1.54) is 0 Å². The summed E-state index contributed by atoms with van der Waals surface area (Å²) in [6, 6.07) is 11.1. The summed E-state index contributed by atoms with van der Waals surface area (Å²) in [5.41, 5.74) is 2.35. The number of aromatic nitrogens is 2. The summed E-state index contributed by atoms with van der Waals surface area (Å²) in [4.78, 5) is 15.7. The van der Waals surface area contributed by atoms with Gasteiger partial charge < -0.3 is 9.84 Å². The smallest absolute Gasteiger partial charge is 0.356 e. The molecule has 2 heterocycles. The fourth-order valence-corrected chi connectivity index (χ4v) is 2.37. The zero-order valence-corrected chi connectivity index (χ0v) is 11.7. The van der Waals surface area contributed by atoms with Crippen LogP contribution >= 0.6 is 0 Å². The monoisotopic (exact) mass is 282 g/mol. The normalized spacial score (nSPS) is 10.8. The van der Waals surface area contributed by atoms with Gasteiger partial charge in [0, 0.05) is 6.20 Å². The number of imidazole rings is 1. The van der Waals surface area contributed by atoms with Crippen molar-refractivity contribution in [2.45, 2.75) is 6.92 Å². The maximum Gasteiger partial charge on any atom is 0.356 e. The Hall–Kier alpha value is -2.82. The van der Waals surface area contributed by atoms with Crippen LogP contribution in [-0.2, 0) is 0 Å². The van der Waals surface area contributed by atoms with Crippen LogP contribution in [0.4, 0.5) is 0 Å². The molecule has 0 bridgehead atoms. The van der Waals surface area contributed by atoms with Gasteiger partial charge in [0.15, 0.2) is 5.69 Å². The van der Waals surface area contributed by atoms with Crippen molar-refractivity contribution in [1.82, 2.24) is 9.38 Å². The lowest BCUT2D eigenvalue weighted by atomic mass is 10.2. The van der Waals surface area contributed by atoms with Crippen LogP contribution in [0.1, 0.15) is 16.1 Å². The van der Waals surface area contributed by atoms with E-state index in [-0.39, 0.29) is 5.69 Å². The molecule has 5 nitrogen and oxygen atoms in total. The largest absolute Gasteiger partial charge is 0.496 e. The van der Waals surface area contributed by atoms with Crippen LogP contribution in [0, 0.1) is 6.92 Å². The van der Waals surface area contributed by atoms with Crippen molar-refractivity contribution in [3.8, 4) is 17.1 Å². The number of aryl methyl sites for hydroxylation is 1. The van der Waals surface area contributed by atoms with Gasteiger partial charge in [-0.05, 0) is 36.8 Å². The number of pyridine rings is 1. The van der Waals surface area contributed by atoms with Crippen LogP contribution in [0.2, 0.25) is 0 Å². The van der Waals surface area contributed by atoms with E-state index in [2.05, 4.69) is 4.98 Å². The summed E-state index contributed by atoms with van der Waals surface area (Å²) in [6.07, 6.45) is 1.83. The zero-order valence-electron chi connectivity index (χ0n) is 11.7. The molecule has 0 unspecified atom stereocenters. The summed E-state index contributed by atoms with van der Waals surface area (Å²) < 4.78 is 7.11. The molecule has 0 amide bonds. The molecule has 0 saturated carbocycles. The standard InChI is InChI=1S/C16H14N2O3/c1-10-7-8-18-12(9-10)14(16(19)20)17-15(18)11-5-3-4-6-13(11)21-2/h3-9H,1-2H3,(H,19,20). The first kappa shape index (κ1) is 13.2. The molecule has 0 aliphatic carbocycles. The third-order valence-electron chi connectivity index (χ3n) is 3.35. The van der Waals surface area contributed by atoms with Crippen molar-refractivity contribution in [1.29, 1.82) is 0 Å². The lowest BCUT2D eigenvalue weighted by Gasteiger charge is -2.07. The number of rotatable bonds is 3. The number of benzene rings is 1. The Morgan fingerprint density at radius 1 is 1.29 bits per heavy atom. The van der Waals surface area contributed by atoms with Gasteiger partial charge in [0.25, 0.3) is 0 Å². The van der Waals surface area contributed by atoms with Gasteiger partial charge in [0.05, 0.1) is 18.2 Å². The van der Waals surface area contributed by atoms with Crippen molar-refractivity contribution in [2.75, 3.05) is 7.11 Å². The van der Waals surface area contributed by atoms with E-state index in [0.29, 0.717) is 17.1 Å². The van der Waals surface area contributed by atoms with Gasteiger partial charge in [0.1, 0.15) is 11.6 Å². The zero-order chi connectivity index (χ0) is 15.0. The fraction of sp³-hybridized carbons (Fsp3) is 0.125. The molecular weight excluding hydrogens is 268 g/mol. The van der Waals surface area contributed by atoms with Gasteiger partial charge in [0.2, 0.25) is 0 Å². The number of carbonyl (C=O) groups is 1. The van der Waals surface area contributed by atoms with E-state index in [9.17, 15) is 9.90 Å². The van der Waals surface area contributed by atoms with E-state index in [1.54, 1.807) is 11.5 Å². The Kier molecular flexibility index (Phi) is 3.10. The number of methoxy groups -OCH3 is 1. The van der Waals surface area contributed by atoms with Crippen molar-refractivity contribution >= 4 is 11.5 Å². The van der Waals surface area contributed by atoms with Crippen LogP contribution in [0.3, 0.4) is 0 Å². The molecule has 0 aliphatic rings. The maximum absolute atomic E-state index is 11.4.